The summed E-state index contributed by atoms with van der Waals surface area (Å²) < 4.78 is 12.8. The van der Waals surface area contributed by atoms with Crippen molar-refractivity contribution >= 4 is 6.21 Å². The summed E-state index contributed by atoms with van der Waals surface area (Å²) >= 11 is 0. The fourth-order valence-corrected chi connectivity index (χ4v) is 0.799. The van der Waals surface area contributed by atoms with Crippen LogP contribution in [0.1, 0.15) is 11.1 Å². The van der Waals surface area contributed by atoms with Crippen molar-refractivity contribution in [1.82, 2.24) is 0 Å². The minimum atomic E-state index is -0.372. The number of hydrogen-bond donors (Lipinski definition) is 1. The van der Waals surface area contributed by atoms with Crippen LogP contribution in [-0.2, 0) is 0 Å². The number of nitrogens with zero attached hydrogens (tertiary/aromatic N) is 1. The summed E-state index contributed by atoms with van der Waals surface area (Å²) in [6, 6.07) is 4.70. The first-order valence-corrected chi connectivity index (χ1v) is 3.17. The normalized spacial score (nSPS) is 10.7. The van der Waals surface area contributed by atoms with Gasteiger partial charge in [0.05, 0.1) is 6.21 Å². The molecule has 0 saturated carbocycles. The Morgan fingerprint density at radius 2 is 2.27 bits per heavy atom. The van der Waals surface area contributed by atoms with Crippen LogP contribution < -0.4 is 0 Å². The van der Waals surface area contributed by atoms with Gasteiger partial charge in [0.25, 0.3) is 0 Å². The highest BCUT2D eigenvalue weighted by molar-refractivity contribution is 5.79. The molecule has 1 aromatic rings. The molecule has 11 heavy (non-hydrogen) atoms. The molecule has 1 aromatic carbocycles. The Kier molecular flexibility index (Phi) is 2.21. The molecule has 0 saturated heterocycles. The van der Waals surface area contributed by atoms with E-state index in [0.717, 1.165) is 11.8 Å². The van der Waals surface area contributed by atoms with Gasteiger partial charge in [0.1, 0.15) is 5.82 Å². The van der Waals surface area contributed by atoms with Crippen LogP contribution in [0.15, 0.2) is 23.4 Å². The summed E-state index contributed by atoms with van der Waals surface area (Å²) in [5.41, 5.74) is 1.13. The summed E-state index contributed by atoms with van der Waals surface area (Å²) in [6.45, 7) is 1.79. The van der Waals surface area contributed by atoms with E-state index in [0.29, 0.717) is 0 Å². The van der Waals surface area contributed by atoms with E-state index < -0.39 is 0 Å². The van der Waals surface area contributed by atoms with Crippen molar-refractivity contribution in [2.45, 2.75) is 6.92 Å². The Labute approximate surface area is 64.0 Å². The molecule has 0 aliphatic heterocycles. The molecule has 0 atom stereocenters. The monoisotopic (exact) mass is 153 g/mol. The van der Waals surface area contributed by atoms with Crippen LogP contribution in [0.25, 0.3) is 0 Å². The zero-order chi connectivity index (χ0) is 8.27. The van der Waals surface area contributed by atoms with Gasteiger partial charge in [-0.2, -0.15) is 0 Å². The first-order valence-electron chi connectivity index (χ1n) is 3.17. The number of aryl methyl sites for hydroxylation is 1. The smallest absolute Gasteiger partial charge is 0.132 e. The second kappa shape index (κ2) is 3.14. The van der Waals surface area contributed by atoms with Crippen LogP contribution in [0.3, 0.4) is 0 Å². The van der Waals surface area contributed by atoms with E-state index in [2.05, 4.69) is 5.16 Å². The Bertz CT molecular complexity index is 283. The molecule has 1 N–H and O–H groups in total. The van der Waals surface area contributed by atoms with E-state index >= 15 is 0 Å². The molecule has 0 aromatic heterocycles. The number of rotatable bonds is 1. The van der Waals surface area contributed by atoms with E-state index in [1.54, 1.807) is 19.1 Å². The first-order chi connectivity index (χ1) is 5.24. The Hall–Kier alpha value is -1.38. The van der Waals surface area contributed by atoms with E-state index in [1.807, 2.05) is 0 Å². The largest absolute Gasteiger partial charge is 0.411 e. The van der Waals surface area contributed by atoms with Crippen molar-refractivity contribution < 1.29 is 9.60 Å². The van der Waals surface area contributed by atoms with Gasteiger partial charge in [-0.15, -0.1) is 0 Å². The molecule has 2 nitrogen and oxygen atoms in total. The zero-order valence-corrected chi connectivity index (χ0v) is 6.08. The van der Waals surface area contributed by atoms with Gasteiger partial charge in [-0.1, -0.05) is 17.3 Å². The summed E-state index contributed by atoms with van der Waals surface area (Å²) in [6.07, 6.45) is 1.06. The number of benzene rings is 1. The fraction of sp³-hybridized carbons (Fsp3) is 0.125. The van der Waals surface area contributed by atoms with E-state index in [4.69, 9.17) is 5.21 Å². The highest BCUT2D eigenvalue weighted by Crippen LogP contribution is 2.06. The highest BCUT2D eigenvalue weighted by atomic mass is 19.1. The van der Waals surface area contributed by atoms with E-state index in [1.165, 1.54) is 6.07 Å². The Morgan fingerprint density at radius 3 is 2.82 bits per heavy atom. The van der Waals surface area contributed by atoms with Crippen molar-refractivity contribution in [2.75, 3.05) is 0 Å². The number of oxime groups is 1. The van der Waals surface area contributed by atoms with Gasteiger partial charge < -0.3 is 5.21 Å². The van der Waals surface area contributed by atoms with Crippen molar-refractivity contribution in [2.24, 2.45) is 5.16 Å². The quantitative estimate of drug-likeness (QED) is 0.373. The predicted molar refractivity (Wildman–Crippen MR) is 40.5 cm³/mol. The van der Waals surface area contributed by atoms with Crippen molar-refractivity contribution in [1.29, 1.82) is 0 Å². The molecule has 0 spiro atoms. The van der Waals surface area contributed by atoms with Gasteiger partial charge >= 0.3 is 0 Å². The molecule has 0 amide bonds. The van der Waals surface area contributed by atoms with Crippen molar-refractivity contribution in [3.63, 3.8) is 0 Å². The van der Waals surface area contributed by atoms with Gasteiger partial charge in [-0.25, -0.2) is 4.39 Å². The SMILES string of the molecule is Cc1ccc(C=NO)c(F)c1. The lowest BCUT2D eigenvalue weighted by Gasteiger charge is -1.95. The summed E-state index contributed by atoms with van der Waals surface area (Å²) in [4.78, 5) is 0. The molecule has 3 heteroatoms. The second-order valence-corrected chi connectivity index (χ2v) is 2.27. The topological polar surface area (TPSA) is 32.6 Å². The summed E-state index contributed by atoms with van der Waals surface area (Å²) in [5, 5.41) is 10.8. The standard InChI is InChI=1S/C8H8FNO/c1-6-2-3-7(5-10-11)8(9)4-6/h2-5,11H,1H3. The third kappa shape index (κ3) is 1.77. The van der Waals surface area contributed by atoms with Crippen molar-refractivity contribution in [3.8, 4) is 0 Å². The Morgan fingerprint density at radius 1 is 1.55 bits per heavy atom. The molecular weight excluding hydrogens is 145 g/mol. The molecule has 0 aliphatic carbocycles. The molecule has 0 unspecified atom stereocenters. The average Bonchev–Trinajstić information content (AvgIpc) is 1.95. The summed E-state index contributed by atoms with van der Waals surface area (Å²) in [5.74, 6) is -0.372. The minimum absolute atomic E-state index is 0.290. The lowest BCUT2D eigenvalue weighted by Crippen LogP contribution is -1.88. The lowest BCUT2D eigenvalue weighted by molar-refractivity contribution is 0.321. The van der Waals surface area contributed by atoms with Crippen LogP contribution in [0, 0.1) is 12.7 Å². The fourth-order valence-electron chi connectivity index (χ4n) is 0.799. The average molecular weight is 153 g/mol. The molecule has 0 aliphatic rings. The molecule has 1 rings (SSSR count). The van der Waals surface area contributed by atoms with Gasteiger partial charge in [0.2, 0.25) is 0 Å². The maximum Gasteiger partial charge on any atom is 0.132 e. The molecule has 0 bridgehead atoms. The lowest BCUT2D eigenvalue weighted by atomic mass is 10.1. The maximum atomic E-state index is 12.8. The predicted octanol–water partition coefficient (Wildman–Crippen LogP) is 1.94. The van der Waals surface area contributed by atoms with E-state index in [9.17, 15) is 4.39 Å². The van der Waals surface area contributed by atoms with Crippen LogP contribution in [0.4, 0.5) is 4.39 Å². The Balaban J connectivity index is 3.09. The summed E-state index contributed by atoms with van der Waals surface area (Å²) in [7, 11) is 0. The highest BCUT2D eigenvalue weighted by Gasteiger charge is 1.97. The van der Waals surface area contributed by atoms with E-state index in [-0.39, 0.29) is 11.4 Å². The van der Waals surface area contributed by atoms with Crippen LogP contribution in [0.2, 0.25) is 0 Å². The maximum absolute atomic E-state index is 12.8. The van der Waals surface area contributed by atoms with Crippen LogP contribution in [-0.4, -0.2) is 11.4 Å². The van der Waals surface area contributed by atoms with Crippen LogP contribution >= 0.6 is 0 Å². The third-order valence-electron chi connectivity index (χ3n) is 1.35. The minimum Gasteiger partial charge on any atom is -0.411 e. The van der Waals surface area contributed by atoms with Gasteiger partial charge in [-0.3, -0.25) is 0 Å². The molecular formula is C8H8FNO. The molecule has 0 radical (unpaired) electrons. The molecule has 58 valence electrons. The van der Waals surface area contributed by atoms with Gasteiger partial charge in [0.15, 0.2) is 0 Å². The number of hydrogen-bond acceptors (Lipinski definition) is 2. The van der Waals surface area contributed by atoms with Crippen LogP contribution in [0.5, 0.6) is 0 Å². The zero-order valence-electron chi connectivity index (χ0n) is 6.08. The molecule has 0 fully saturated rings. The van der Waals surface area contributed by atoms with Crippen molar-refractivity contribution in [3.05, 3.63) is 35.1 Å². The number of halogens is 1. The first kappa shape index (κ1) is 7.72. The third-order valence-corrected chi connectivity index (χ3v) is 1.35. The second-order valence-electron chi connectivity index (χ2n) is 2.27. The molecule has 0 heterocycles. The van der Waals surface area contributed by atoms with Gasteiger partial charge in [-0.05, 0) is 18.6 Å². The van der Waals surface area contributed by atoms with Gasteiger partial charge in [0, 0.05) is 5.56 Å².